The molecule has 1 aromatic heterocycles. The van der Waals surface area contributed by atoms with Gasteiger partial charge in [0, 0.05) is 29.6 Å². The Kier molecular flexibility index (Phi) is 3.80. The van der Waals surface area contributed by atoms with Crippen LogP contribution in [0.2, 0.25) is 0 Å². The normalized spacial score (nSPS) is 11.1. The molecule has 7 nitrogen and oxygen atoms in total. The zero-order valence-electron chi connectivity index (χ0n) is 10.1. The molecule has 2 aromatic rings. The lowest BCUT2D eigenvalue weighted by Crippen LogP contribution is -2.05. The molecule has 1 N–H and O–H groups in total. The molecule has 0 aliphatic heterocycles. The van der Waals surface area contributed by atoms with Gasteiger partial charge in [0.25, 0.3) is 5.69 Å². The summed E-state index contributed by atoms with van der Waals surface area (Å²) in [6.07, 6.45) is 3.43. The van der Waals surface area contributed by atoms with Gasteiger partial charge in [-0.05, 0) is 24.3 Å². The van der Waals surface area contributed by atoms with Gasteiger partial charge >= 0.3 is 0 Å². The first kappa shape index (κ1) is 13.3. The van der Waals surface area contributed by atoms with Gasteiger partial charge in [-0.3, -0.25) is 19.9 Å². The van der Waals surface area contributed by atoms with Crippen LogP contribution in [-0.2, 0) is 0 Å². The third kappa shape index (κ3) is 2.51. The van der Waals surface area contributed by atoms with Crippen molar-refractivity contribution in [3.63, 3.8) is 0 Å². The second-order valence-electron chi connectivity index (χ2n) is 3.84. The molecule has 0 atom stereocenters. The van der Waals surface area contributed by atoms with Crippen LogP contribution in [0.5, 0.6) is 0 Å². The van der Waals surface area contributed by atoms with Crippen molar-refractivity contribution in [1.82, 2.24) is 4.98 Å². The maximum atomic E-state index is 10.9. The molecule has 0 aliphatic rings. The van der Waals surface area contributed by atoms with Gasteiger partial charge in [-0.15, -0.1) is 0 Å². The van der Waals surface area contributed by atoms with Crippen LogP contribution in [0.15, 0.2) is 47.9 Å². The zero-order valence-corrected chi connectivity index (χ0v) is 10.1. The summed E-state index contributed by atoms with van der Waals surface area (Å²) in [5.74, 6) is 0. The minimum absolute atomic E-state index is 0.0856. The molecule has 1 heterocycles. The molecular formula is C13H9N3O4. The lowest BCUT2D eigenvalue weighted by atomic mass is 10.0. The van der Waals surface area contributed by atoms with E-state index in [2.05, 4.69) is 10.1 Å². The van der Waals surface area contributed by atoms with E-state index in [0.29, 0.717) is 17.4 Å². The van der Waals surface area contributed by atoms with Gasteiger partial charge in [0.2, 0.25) is 0 Å². The van der Waals surface area contributed by atoms with E-state index in [0.717, 1.165) is 0 Å². The number of rotatable bonds is 4. The highest BCUT2D eigenvalue weighted by Gasteiger charge is 2.16. The fourth-order valence-electron chi connectivity index (χ4n) is 1.75. The van der Waals surface area contributed by atoms with Gasteiger partial charge in [-0.25, -0.2) is 0 Å². The fourth-order valence-corrected chi connectivity index (χ4v) is 1.75. The quantitative estimate of drug-likeness (QED) is 0.301. The van der Waals surface area contributed by atoms with Crippen LogP contribution < -0.4 is 0 Å². The number of hydrogen-bond donors (Lipinski definition) is 1. The van der Waals surface area contributed by atoms with Crippen molar-refractivity contribution < 1.29 is 14.9 Å². The number of nitrogens with zero attached hydrogens (tertiary/aromatic N) is 3. The predicted octanol–water partition coefficient (Wildman–Crippen LogP) is 2.03. The van der Waals surface area contributed by atoms with Crippen LogP contribution in [0.25, 0.3) is 0 Å². The Hall–Kier alpha value is -3.09. The second-order valence-corrected chi connectivity index (χ2v) is 3.84. The summed E-state index contributed by atoms with van der Waals surface area (Å²) in [6.45, 7) is 0. The molecule has 0 saturated heterocycles. The number of carbonyl (C=O) groups is 1. The van der Waals surface area contributed by atoms with Crippen LogP contribution in [0, 0.1) is 10.1 Å². The molecule has 0 spiro atoms. The number of nitro benzene ring substituents is 1. The molecule has 100 valence electrons. The average molecular weight is 271 g/mol. The molecule has 0 bridgehead atoms. The van der Waals surface area contributed by atoms with Gasteiger partial charge in [-0.2, -0.15) is 0 Å². The Balaban J connectivity index is 2.53. The molecule has 7 heteroatoms. The number of hydrogen-bond acceptors (Lipinski definition) is 6. The summed E-state index contributed by atoms with van der Waals surface area (Å²) in [5.41, 5.74) is 0.703. The highest BCUT2D eigenvalue weighted by atomic mass is 16.6. The lowest BCUT2D eigenvalue weighted by Gasteiger charge is -2.05. The Morgan fingerprint density at radius 1 is 1.35 bits per heavy atom. The summed E-state index contributed by atoms with van der Waals surface area (Å²) in [5, 5.41) is 23.0. The van der Waals surface area contributed by atoms with Crippen LogP contribution in [0.1, 0.15) is 21.5 Å². The van der Waals surface area contributed by atoms with Gasteiger partial charge in [-0.1, -0.05) is 5.16 Å². The number of nitro groups is 1. The van der Waals surface area contributed by atoms with Gasteiger partial charge < -0.3 is 5.21 Å². The molecular weight excluding hydrogens is 262 g/mol. The Bertz CT molecular complexity index is 683. The zero-order chi connectivity index (χ0) is 14.5. The Labute approximate surface area is 113 Å². The topological polar surface area (TPSA) is 106 Å². The minimum Gasteiger partial charge on any atom is -0.410 e. The third-order valence-electron chi connectivity index (χ3n) is 2.66. The van der Waals surface area contributed by atoms with E-state index in [9.17, 15) is 14.9 Å². The molecule has 0 saturated carbocycles. The van der Waals surface area contributed by atoms with Crippen molar-refractivity contribution in [2.24, 2.45) is 5.16 Å². The number of carbonyl (C=O) groups excluding carboxylic acids is 1. The van der Waals surface area contributed by atoms with E-state index >= 15 is 0 Å². The molecule has 0 amide bonds. The first-order valence-corrected chi connectivity index (χ1v) is 5.54. The molecule has 1 aromatic carbocycles. The third-order valence-corrected chi connectivity index (χ3v) is 2.66. The van der Waals surface area contributed by atoms with Gasteiger partial charge in [0.05, 0.1) is 10.5 Å². The van der Waals surface area contributed by atoms with E-state index in [4.69, 9.17) is 5.21 Å². The molecule has 0 aliphatic carbocycles. The molecule has 2 rings (SSSR count). The van der Waals surface area contributed by atoms with Crippen molar-refractivity contribution >= 4 is 17.7 Å². The second kappa shape index (κ2) is 5.70. The molecule has 20 heavy (non-hydrogen) atoms. The van der Waals surface area contributed by atoms with Crippen LogP contribution in [0.3, 0.4) is 0 Å². The van der Waals surface area contributed by atoms with E-state index < -0.39 is 4.92 Å². The highest BCUT2D eigenvalue weighted by molar-refractivity contribution is 6.13. The van der Waals surface area contributed by atoms with Crippen molar-refractivity contribution in [3.8, 4) is 0 Å². The number of aldehydes is 1. The average Bonchev–Trinajstić information content (AvgIpc) is 2.48. The fraction of sp³-hybridized carbons (Fsp3) is 0. The lowest BCUT2D eigenvalue weighted by molar-refractivity contribution is -0.385. The van der Waals surface area contributed by atoms with Crippen molar-refractivity contribution in [2.45, 2.75) is 0 Å². The maximum Gasteiger partial charge on any atom is 0.279 e. The first-order valence-electron chi connectivity index (χ1n) is 5.54. The summed E-state index contributed by atoms with van der Waals surface area (Å²) < 4.78 is 0. The van der Waals surface area contributed by atoms with E-state index in [1.165, 1.54) is 24.4 Å². The van der Waals surface area contributed by atoms with Gasteiger partial charge in [0.1, 0.15) is 5.71 Å². The predicted molar refractivity (Wildman–Crippen MR) is 70.1 cm³/mol. The SMILES string of the molecule is O=Cc1cc(/C(=N\O)c2cccnc2)ccc1[N+](=O)[O-]. The molecule has 0 radical (unpaired) electrons. The Morgan fingerprint density at radius 2 is 2.15 bits per heavy atom. The molecule has 0 fully saturated rings. The number of oxime groups is 1. The highest BCUT2D eigenvalue weighted by Crippen LogP contribution is 2.20. The number of pyridine rings is 1. The van der Waals surface area contributed by atoms with E-state index in [-0.39, 0.29) is 17.0 Å². The smallest absolute Gasteiger partial charge is 0.279 e. The van der Waals surface area contributed by atoms with E-state index in [1.54, 1.807) is 18.3 Å². The molecule has 0 unspecified atom stereocenters. The van der Waals surface area contributed by atoms with E-state index in [1.807, 2.05) is 0 Å². The minimum atomic E-state index is -0.645. The van der Waals surface area contributed by atoms with Crippen molar-refractivity contribution in [2.75, 3.05) is 0 Å². The van der Waals surface area contributed by atoms with Crippen LogP contribution in [0.4, 0.5) is 5.69 Å². The monoisotopic (exact) mass is 271 g/mol. The first-order chi connectivity index (χ1) is 9.67. The van der Waals surface area contributed by atoms with Crippen LogP contribution in [-0.4, -0.2) is 27.1 Å². The van der Waals surface area contributed by atoms with Gasteiger partial charge in [0.15, 0.2) is 6.29 Å². The number of benzene rings is 1. The van der Waals surface area contributed by atoms with Crippen molar-refractivity contribution in [3.05, 3.63) is 69.5 Å². The summed E-state index contributed by atoms with van der Waals surface area (Å²) in [6, 6.07) is 7.23. The summed E-state index contributed by atoms with van der Waals surface area (Å²) in [7, 11) is 0. The summed E-state index contributed by atoms with van der Waals surface area (Å²) in [4.78, 5) is 24.9. The number of aromatic nitrogens is 1. The Morgan fingerprint density at radius 3 is 2.70 bits per heavy atom. The summed E-state index contributed by atoms with van der Waals surface area (Å²) >= 11 is 0. The van der Waals surface area contributed by atoms with Crippen LogP contribution >= 0.6 is 0 Å². The largest absolute Gasteiger partial charge is 0.410 e. The van der Waals surface area contributed by atoms with Crippen molar-refractivity contribution in [1.29, 1.82) is 0 Å². The standard InChI is InChI=1S/C13H9N3O4/c17-8-11-6-9(3-4-12(11)16(19)20)13(15-18)10-2-1-5-14-7-10/h1-8,18H/b15-13+. The maximum absolute atomic E-state index is 10.9.